The predicted octanol–water partition coefficient (Wildman–Crippen LogP) is 4.01. The number of hydrazine groups is 1. The van der Waals surface area contributed by atoms with E-state index in [2.05, 4.69) is 5.43 Å². The van der Waals surface area contributed by atoms with E-state index in [0.717, 1.165) is 27.8 Å². The molecule has 1 atom stereocenters. The maximum absolute atomic E-state index is 12.4. The van der Waals surface area contributed by atoms with Crippen LogP contribution in [0.2, 0.25) is 0 Å². The standard InChI is InChI=1S/C20H18N2O3S/c1-12-9-19(24)25-17-8-13(2)16(10-15(12)17)21-22-18(23)11-26-20(22)14-6-4-3-5-7-14/h3-10,20-21H,11H2,1-2H3. The van der Waals surface area contributed by atoms with Gasteiger partial charge in [-0.05, 0) is 42.7 Å². The lowest BCUT2D eigenvalue weighted by molar-refractivity contribution is -0.126. The van der Waals surface area contributed by atoms with E-state index in [1.54, 1.807) is 16.8 Å². The third-order valence-corrected chi connectivity index (χ3v) is 5.70. The molecule has 1 saturated heterocycles. The van der Waals surface area contributed by atoms with Crippen molar-refractivity contribution in [2.24, 2.45) is 0 Å². The van der Waals surface area contributed by atoms with Gasteiger partial charge in [0.1, 0.15) is 11.0 Å². The number of carbonyl (C=O) groups is 1. The van der Waals surface area contributed by atoms with Crippen molar-refractivity contribution in [1.29, 1.82) is 0 Å². The summed E-state index contributed by atoms with van der Waals surface area (Å²) in [5.74, 6) is 0.479. The van der Waals surface area contributed by atoms with Gasteiger partial charge in [-0.1, -0.05) is 30.3 Å². The van der Waals surface area contributed by atoms with Gasteiger partial charge in [0, 0.05) is 11.5 Å². The number of hydrogen-bond acceptors (Lipinski definition) is 5. The summed E-state index contributed by atoms with van der Waals surface area (Å²) in [5.41, 5.74) is 7.14. The second-order valence-corrected chi connectivity index (χ2v) is 7.43. The van der Waals surface area contributed by atoms with Crippen molar-refractivity contribution in [3.8, 4) is 0 Å². The zero-order valence-corrected chi connectivity index (χ0v) is 15.3. The van der Waals surface area contributed by atoms with Crippen molar-refractivity contribution in [3.63, 3.8) is 0 Å². The number of carbonyl (C=O) groups excluding carboxylic acids is 1. The quantitative estimate of drug-likeness (QED) is 0.710. The summed E-state index contributed by atoms with van der Waals surface area (Å²) in [4.78, 5) is 24.0. The van der Waals surface area contributed by atoms with Crippen LogP contribution in [0.15, 0.2) is 57.7 Å². The molecule has 3 aromatic rings. The van der Waals surface area contributed by atoms with E-state index in [1.807, 2.05) is 56.3 Å². The molecular weight excluding hydrogens is 348 g/mol. The average Bonchev–Trinajstić information content (AvgIpc) is 2.97. The first-order valence-electron chi connectivity index (χ1n) is 8.33. The smallest absolute Gasteiger partial charge is 0.336 e. The SMILES string of the molecule is Cc1cc2oc(=O)cc(C)c2cc1NN1C(=O)CSC1c1ccccc1. The second-order valence-electron chi connectivity index (χ2n) is 6.36. The lowest BCUT2D eigenvalue weighted by atomic mass is 10.1. The van der Waals surface area contributed by atoms with Crippen molar-refractivity contribution >= 4 is 34.3 Å². The summed E-state index contributed by atoms with van der Waals surface area (Å²) in [6.07, 6.45) is 0. The molecule has 4 rings (SSSR count). The van der Waals surface area contributed by atoms with Crippen LogP contribution in [0.5, 0.6) is 0 Å². The highest BCUT2D eigenvalue weighted by molar-refractivity contribution is 8.00. The number of nitrogens with one attached hydrogen (secondary N) is 1. The maximum atomic E-state index is 12.4. The molecular formula is C20H18N2O3S. The van der Waals surface area contributed by atoms with Gasteiger partial charge in [-0.3, -0.25) is 10.2 Å². The number of benzene rings is 2. The number of anilines is 1. The zero-order valence-electron chi connectivity index (χ0n) is 14.5. The molecule has 2 heterocycles. The normalized spacial score (nSPS) is 17.1. The topological polar surface area (TPSA) is 62.6 Å². The molecule has 0 spiro atoms. The predicted molar refractivity (Wildman–Crippen MR) is 104 cm³/mol. The van der Waals surface area contributed by atoms with Crippen LogP contribution < -0.4 is 11.1 Å². The minimum atomic E-state index is -0.356. The Kier molecular flexibility index (Phi) is 4.20. The molecule has 1 fully saturated rings. The Balaban J connectivity index is 1.72. The Hall–Kier alpha value is -2.73. The fourth-order valence-electron chi connectivity index (χ4n) is 3.13. The number of hydrogen-bond donors (Lipinski definition) is 1. The Labute approximate surface area is 155 Å². The zero-order chi connectivity index (χ0) is 18.3. The fourth-order valence-corrected chi connectivity index (χ4v) is 4.23. The molecule has 1 N–H and O–H groups in total. The van der Waals surface area contributed by atoms with Gasteiger partial charge < -0.3 is 4.42 Å². The number of aryl methyl sites for hydroxylation is 2. The summed E-state index contributed by atoms with van der Waals surface area (Å²) >= 11 is 1.60. The first-order chi connectivity index (χ1) is 12.5. The molecule has 0 aliphatic carbocycles. The van der Waals surface area contributed by atoms with Gasteiger partial charge in [0.2, 0.25) is 0 Å². The minimum absolute atomic E-state index is 0.0414. The average molecular weight is 366 g/mol. The van der Waals surface area contributed by atoms with Gasteiger partial charge in [-0.25, -0.2) is 9.80 Å². The van der Waals surface area contributed by atoms with E-state index in [-0.39, 0.29) is 16.9 Å². The van der Waals surface area contributed by atoms with Gasteiger partial charge >= 0.3 is 5.63 Å². The summed E-state index contributed by atoms with van der Waals surface area (Å²) < 4.78 is 5.29. The van der Waals surface area contributed by atoms with Crippen LogP contribution in [0.1, 0.15) is 22.1 Å². The number of rotatable bonds is 3. The number of nitrogens with zero attached hydrogens (tertiary/aromatic N) is 1. The van der Waals surface area contributed by atoms with Crippen LogP contribution in [0, 0.1) is 13.8 Å². The van der Waals surface area contributed by atoms with Gasteiger partial charge in [0.05, 0.1) is 11.4 Å². The van der Waals surface area contributed by atoms with E-state index in [1.165, 1.54) is 6.07 Å². The van der Waals surface area contributed by atoms with E-state index in [9.17, 15) is 9.59 Å². The monoisotopic (exact) mass is 366 g/mol. The van der Waals surface area contributed by atoms with Gasteiger partial charge in [-0.15, -0.1) is 11.8 Å². The van der Waals surface area contributed by atoms with Crippen molar-refractivity contribution in [2.75, 3.05) is 11.2 Å². The molecule has 0 bridgehead atoms. The summed E-state index contributed by atoms with van der Waals surface area (Å²) in [6.45, 7) is 3.80. The van der Waals surface area contributed by atoms with Gasteiger partial charge in [0.15, 0.2) is 0 Å². The Morgan fingerprint density at radius 2 is 1.85 bits per heavy atom. The van der Waals surface area contributed by atoms with E-state index in [0.29, 0.717) is 11.3 Å². The molecule has 26 heavy (non-hydrogen) atoms. The van der Waals surface area contributed by atoms with Crippen molar-refractivity contribution < 1.29 is 9.21 Å². The molecule has 132 valence electrons. The van der Waals surface area contributed by atoms with Crippen LogP contribution in [-0.4, -0.2) is 16.7 Å². The van der Waals surface area contributed by atoms with Crippen LogP contribution >= 0.6 is 11.8 Å². The largest absolute Gasteiger partial charge is 0.423 e. The summed E-state index contributed by atoms with van der Waals surface area (Å²) in [6, 6.07) is 15.2. The number of thioether (sulfide) groups is 1. The van der Waals surface area contributed by atoms with Crippen molar-refractivity contribution in [3.05, 3.63) is 75.6 Å². The molecule has 0 saturated carbocycles. The highest BCUT2D eigenvalue weighted by Crippen LogP contribution is 2.39. The van der Waals surface area contributed by atoms with E-state index in [4.69, 9.17) is 4.42 Å². The minimum Gasteiger partial charge on any atom is -0.423 e. The summed E-state index contributed by atoms with van der Waals surface area (Å²) in [5, 5.41) is 2.46. The molecule has 0 radical (unpaired) electrons. The lowest BCUT2D eigenvalue weighted by Gasteiger charge is -2.26. The highest BCUT2D eigenvalue weighted by atomic mass is 32.2. The molecule has 1 aliphatic rings. The fraction of sp³-hybridized carbons (Fsp3) is 0.200. The van der Waals surface area contributed by atoms with Crippen molar-refractivity contribution in [1.82, 2.24) is 5.01 Å². The van der Waals surface area contributed by atoms with Gasteiger partial charge in [0.25, 0.3) is 5.91 Å². The molecule has 1 unspecified atom stereocenters. The first kappa shape index (κ1) is 16.7. The van der Waals surface area contributed by atoms with Crippen LogP contribution in [0.25, 0.3) is 11.0 Å². The van der Waals surface area contributed by atoms with Gasteiger partial charge in [-0.2, -0.15) is 0 Å². The summed E-state index contributed by atoms with van der Waals surface area (Å²) in [7, 11) is 0. The Bertz CT molecular complexity index is 1050. The van der Waals surface area contributed by atoms with Crippen LogP contribution in [0.4, 0.5) is 5.69 Å². The Morgan fingerprint density at radius 1 is 1.08 bits per heavy atom. The third-order valence-electron chi connectivity index (χ3n) is 4.49. The van der Waals surface area contributed by atoms with Crippen LogP contribution in [0.3, 0.4) is 0 Å². The molecule has 6 heteroatoms. The molecule has 5 nitrogen and oxygen atoms in total. The lowest BCUT2D eigenvalue weighted by Crippen LogP contribution is -2.34. The second kappa shape index (κ2) is 6.53. The van der Waals surface area contributed by atoms with E-state index >= 15 is 0 Å². The molecule has 1 aliphatic heterocycles. The van der Waals surface area contributed by atoms with E-state index < -0.39 is 0 Å². The number of fused-ring (bicyclic) bond motifs is 1. The molecule has 2 aromatic carbocycles. The highest BCUT2D eigenvalue weighted by Gasteiger charge is 2.33. The first-order valence-corrected chi connectivity index (χ1v) is 9.38. The molecule has 1 aromatic heterocycles. The number of amides is 1. The maximum Gasteiger partial charge on any atom is 0.336 e. The molecule has 1 amide bonds. The third kappa shape index (κ3) is 2.97. The Morgan fingerprint density at radius 3 is 2.62 bits per heavy atom. The van der Waals surface area contributed by atoms with Crippen molar-refractivity contribution in [2.45, 2.75) is 19.2 Å². The van der Waals surface area contributed by atoms with Crippen LogP contribution in [-0.2, 0) is 4.79 Å².